The molecular weight excluding hydrogens is 374 g/mol. The monoisotopic (exact) mass is 388 g/mol. The van der Waals surface area contributed by atoms with Crippen molar-refractivity contribution in [2.75, 3.05) is 0 Å². The normalized spacial score (nSPS) is 12.5. The smallest absolute Gasteiger partial charge is 0.263 e. The van der Waals surface area contributed by atoms with Gasteiger partial charge in [-0.05, 0) is 41.5 Å². The molecular formula is C22H14F2N4O. The molecule has 0 bridgehead atoms. The lowest BCUT2D eigenvalue weighted by atomic mass is 10.0. The fourth-order valence-corrected chi connectivity index (χ4v) is 3.48. The fourth-order valence-electron chi connectivity index (χ4n) is 3.48. The maximum atomic E-state index is 14.8. The van der Waals surface area contributed by atoms with Crippen LogP contribution in [0.1, 0.15) is 16.8 Å². The molecule has 0 saturated carbocycles. The van der Waals surface area contributed by atoms with Gasteiger partial charge in [0.25, 0.3) is 5.56 Å². The molecule has 5 nitrogen and oxygen atoms in total. The van der Waals surface area contributed by atoms with Crippen molar-refractivity contribution < 1.29 is 8.78 Å². The number of aromatic nitrogens is 4. The summed E-state index contributed by atoms with van der Waals surface area (Å²) in [5.74, 6) is -1.46. The van der Waals surface area contributed by atoms with Crippen LogP contribution in [0.2, 0.25) is 0 Å². The second kappa shape index (κ2) is 6.70. The summed E-state index contributed by atoms with van der Waals surface area (Å²) in [4.78, 5) is 25.0. The van der Waals surface area contributed by atoms with Gasteiger partial charge >= 0.3 is 0 Å². The van der Waals surface area contributed by atoms with Crippen molar-refractivity contribution in [1.29, 1.82) is 0 Å². The highest BCUT2D eigenvalue weighted by atomic mass is 19.1. The van der Waals surface area contributed by atoms with Crippen LogP contribution in [0.5, 0.6) is 0 Å². The van der Waals surface area contributed by atoms with Crippen molar-refractivity contribution in [3.8, 4) is 11.1 Å². The first-order chi connectivity index (χ1) is 14.1. The van der Waals surface area contributed by atoms with E-state index in [0.29, 0.717) is 22.2 Å². The van der Waals surface area contributed by atoms with Crippen molar-refractivity contribution in [2.45, 2.75) is 13.0 Å². The Morgan fingerprint density at radius 3 is 2.69 bits per heavy atom. The number of pyridine rings is 2. The average molecular weight is 388 g/mol. The van der Waals surface area contributed by atoms with Crippen molar-refractivity contribution in [3.05, 3.63) is 93.9 Å². The molecule has 1 aromatic carbocycles. The Morgan fingerprint density at radius 1 is 1.03 bits per heavy atom. The molecule has 1 aliphatic carbocycles. The summed E-state index contributed by atoms with van der Waals surface area (Å²) in [6.45, 7) is -0.264. The number of hydrogen-bond acceptors (Lipinski definition) is 4. The molecule has 4 aromatic rings. The third-order valence-electron chi connectivity index (χ3n) is 5.01. The molecule has 1 aliphatic rings. The van der Waals surface area contributed by atoms with Gasteiger partial charge in [0.1, 0.15) is 18.0 Å². The highest BCUT2D eigenvalue weighted by Gasteiger charge is 2.16. The minimum Gasteiger partial charge on any atom is -0.294 e. The van der Waals surface area contributed by atoms with E-state index in [4.69, 9.17) is 0 Å². The zero-order chi connectivity index (χ0) is 20.0. The van der Waals surface area contributed by atoms with Crippen LogP contribution in [-0.4, -0.2) is 19.5 Å². The second-order valence-corrected chi connectivity index (χ2v) is 6.84. The largest absolute Gasteiger partial charge is 0.294 e. The highest BCUT2D eigenvalue weighted by Crippen LogP contribution is 2.28. The van der Waals surface area contributed by atoms with Crippen LogP contribution in [0.25, 0.3) is 28.2 Å². The fraction of sp³-hybridized carbons (Fsp3) is 0.0909. The summed E-state index contributed by atoms with van der Waals surface area (Å²) in [5.41, 5.74) is 2.63. The molecule has 142 valence electrons. The highest BCUT2D eigenvalue weighted by molar-refractivity contribution is 5.72. The van der Waals surface area contributed by atoms with E-state index in [1.54, 1.807) is 18.3 Å². The average Bonchev–Trinajstić information content (AvgIpc) is 3.20. The Bertz CT molecular complexity index is 1340. The van der Waals surface area contributed by atoms with E-state index in [2.05, 4.69) is 15.0 Å². The van der Waals surface area contributed by atoms with Gasteiger partial charge in [-0.3, -0.25) is 14.3 Å². The van der Waals surface area contributed by atoms with E-state index in [1.807, 2.05) is 18.2 Å². The summed E-state index contributed by atoms with van der Waals surface area (Å²) in [7, 11) is 0. The Balaban J connectivity index is 1.53. The SMILES string of the molecule is O=c1c2cccnc2ncn1Cc1c(F)cc(-c2cnc3c(c2)C=CC3)cc1F. The van der Waals surface area contributed by atoms with Crippen LogP contribution in [0, 0.1) is 11.6 Å². The van der Waals surface area contributed by atoms with Gasteiger partial charge in [0, 0.05) is 29.9 Å². The van der Waals surface area contributed by atoms with E-state index in [0.717, 1.165) is 17.7 Å². The predicted molar refractivity (Wildman–Crippen MR) is 105 cm³/mol. The Labute approximate surface area is 164 Å². The maximum Gasteiger partial charge on any atom is 0.263 e. The van der Waals surface area contributed by atoms with Gasteiger partial charge in [0.15, 0.2) is 5.65 Å². The molecule has 0 amide bonds. The van der Waals surface area contributed by atoms with Crippen LogP contribution < -0.4 is 5.56 Å². The van der Waals surface area contributed by atoms with Gasteiger partial charge in [0.2, 0.25) is 0 Å². The first kappa shape index (κ1) is 17.4. The molecule has 29 heavy (non-hydrogen) atoms. The number of allylic oxidation sites excluding steroid dienone is 1. The molecule has 0 fully saturated rings. The number of benzene rings is 1. The van der Waals surface area contributed by atoms with Crippen molar-refractivity contribution in [1.82, 2.24) is 19.5 Å². The molecule has 5 rings (SSSR count). The summed E-state index contributed by atoms with van der Waals surface area (Å²) < 4.78 is 30.7. The summed E-state index contributed by atoms with van der Waals surface area (Å²) >= 11 is 0. The van der Waals surface area contributed by atoms with E-state index in [1.165, 1.54) is 29.2 Å². The van der Waals surface area contributed by atoms with Crippen LogP contribution in [0.15, 0.2) is 59.9 Å². The molecule has 0 aliphatic heterocycles. The van der Waals surface area contributed by atoms with E-state index in [-0.39, 0.29) is 12.1 Å². The zero-order valence-electron chi connectivity index (χ0n) is 15.1. The predicted octanol–water partition coefficient (Wildman–Crippen LogP) is 3.75. The molecule has 3 aromatic heterocycles. The first-order valence-corrected chi connectivity index (χ1v) is 9.04. The van der Waals surface area contributed by atoms with Crippen LogP contribution in [-0.2, 0) is 13.0 Å². The molecule has 0 radical (unpaired) electrons. The third kappa shape index (κ3) is 3.00. The second-order valence-electron chi connectivity index (χ2n) is 6.84. The molecule has 0 N–H and O–H groups in total. The van der Waals surface area contributed by atoms with Crippen LogP contribution >= 0.6 is 0 Å². The Kier molecular flexibility index (Phi) is 4.01. The van der Waals surface area contributed by atoms with Crippen molar-refractivity contribution >= 4 is 17.1 Å². The lowest BCUT2D eigenvalue weighted by molar-refractivity contribution is 0.541. The molecule has 0 saturated heterocycles. The van der Waals surface area contributed by atoms with Gasteiger partial charge < -0.3 is 0 Å². The zero-order valence-corrected chi connectivity index (χ0v) is 15.1. The number of fused-ring (bicyclic) bond motifs is 2. The van der Waals surface area contributed by atoms with Crippen LogP contribution in [0.4, 0.5) is 8.78 Å². The van der Waals surface area contributed by atoms with Gasteiger partial charge in [-0.1, -0.05) is 12.2 Å². The van der Waals surface area contributed by atoms with Gasteiger partial charge in [-0.15, -0.1) is 0 Å². The summed E-state index contributed by atoms with van der Waals surface area (Å²) in [6.07, 6.45) is 9.10. The quantitative estimate of drug-likeness (QED) is 0.536. The number of halogens is 2. The number of rotatable bonds is 3. The summed E-state index contributed by atoms with van der Waals surface area (Å²) in [6, 6.07) is 7.60. The number of nitrogens with zero attached hydrogens (tertiary/aromatic N) is 4. The maximum absolute atomic E-state index is 14.8. The third-order valence-corrected chi connectivity index (χ3v) is 5.01. The van der Waals surface area contributed by atoms with Crippen LogP contribution in [0.3, 0.4) is 0 Å². The first-order valence-electron chi connectivity index (χ1n) is 9.04. The standard InChI is InChI=1S/C22H14F2N4O/c23-18-8-14(15-7-13-3-1-5-20(13)26-10-15)9-19(24)17(18)11-28-12-27-21-16(22(28)29)4-2-6-25-21/h1-4,6-10,12H,5,11H2. The molecule has 0 spiro atoms. The molecule has 0 unspecified atom stereocenters. The van der Waals surface area contributed by atoms with Gasteiger partial charge in [0.05, 0.1) is 17.6 Å². The lowest BCUT2D eigenvalue weighted by Gasteiger charge is -2.11. The molecule has 7 heteroatoms. The number of hydrogen-bond donors (Lipinski definition) is 0. The van der Waals surface area contributed by atoms with E-state index >= 15 is 0 Å². The van der Waals surface area contributed by atoms with E-state index < -0.39 is 17.2 Å². The minimum atomic E-state index is -0.728. The van der Waals surface area contributed by atoms with E-state index in [9.17, 15) is 13.6 Å². The topological polar surface area (TPSA) is 60.7 Å². The lowest BCUT2D eigenvalue weighted by Crippen LogP contribution is -2.22. The van der Waals surface area contributed by atoms with Gasteiger partial charge in [-0.25, -0.2) is 18.7 Å². The Morgan fingerprint density at radius 2 is 1.86 bits per heavy atom. The van der Waals surface area contributed by atoms with Gasteiger partial charge in [-0.2, -0.15) is 0 Å². The Hall–Kier alpha value is -3.74. The molecule has 3 heterocycles. The molecule has 0 atom stereocenters. The van der Waals surface area contributed by atoms with Crippen molar-refractivity contribution in [3.63, 3.8) is 0 Å². The minimum absolute atomic E-state index is 0.199. The summed E-state index contributed by atoms with van der Waals surface area (Å²) in [5, 5.41) is 0.296. The van der Waals surface area contributed by atoms with Crippen molar-refractivity contribution in [2.24, 2.45) is 0 Å².